The van der Waals surface area contributed by atoms with Crippen LogP contribution in [0.2, 0.25) is 0 Å². The van der Waals surface area contributed by atoms with Crippen molar-refractivity contribution in [1.29, 1.82) is 0 Å². The predicted molar refractivity (Wildman–Crippen MR) is 94.4 cm³/mol. The molecule has 6 heteroatoms. The summed E-state index contributed by atoms with van der Waals surface area (Å²) in [5.41, 5.74) is 4.31. The van der Waals surface area contributed by atoms with Crippen LogP contribution in [0, 0.1) is 13.8 Å². The SMILES string of the molecule is Cc1ccc(CNC(=O)c2nn(-c3ccccc3C)nc2CO)cc1. The molecular weight excluding hydrogens is 316 g/mol. The molecular formula is C19H20N4O2. The first-order chi connectivity index (χ1) is 12.1. The molecule has 25 heavy (non-hydrogen) atoms. The van der Waals surface area contributed by atoms with Crippen molar-refractivity contribution < 1.29 is 9.90 Å². The molecule has 0 saturated carbocycles. The molecule has 0 bridgehead atoms. The van der Waals surface area contributed by atoms with Crippen molar-refractivity contribution in [2.75, 3.05) is 0 Å². The van der Waals surface area contributed by atoms with Gasteiger partial charge >= 0.3 is 0 Å². The Balaban J connectivity index is 1.80. The van der Waals surface area contributed by atoms with Gasteiger partial charge in [0.05, 0.1) is 12.3 Å². The van der Waals surface area contributed by atoms with Crippen LogP contribution in [-0.4, -0.2) is 26.0 Å². The molecule has 1 heterocycles. The normalized spacial score (nSPS) is 10.7. The molecule has 0 saturated heterocycles. The van der Waals surface area contributed by atoms with Crippen molar-refractivity contribution in [1.82, 2.24) is 20.3 Å². The maximum atomic E-state index is 12.5. The highest BCUT2D eigenvalue weighted by atomic mass is 16.3. The minimum absolute atomic E-state index is 0.137. The van der Waals surface area contributed by atoms with E-state index in [1.54, 1.807) is 0 Å². The number of hydrogen-bond acceptors (Lipinski definition) is 4. The summed E-state index contributed by atoms with van der Waals surface area (Å²) in [7, 11) is 0. The summed E-state index contributed by atoms with van der Waals surface area (Å²) in [6.45, 7) is 3.99. The fourth-order valence-electron chi connectivity index (χ4n) is 2.49. The Hall–Kier alpha value is -2.99. The number of aliphatic hydroxyl groups is 1. The molecule has 0 aliphatic rings. The molecule has 0 aliphatic carbocycles. The second-order valence-electron chi connectivity index (χ2n) is 5.90. The Morgan fingerprint density at radius 1 is 1.08 bits per heavy atom. The lowest BCUT2D eigenvalue weighted by Gasteiger charge is -2.05. The standard InChI is InChI=1S/C19H20N4O2/c1-13-7-9-15(10-8-13)11-20-19(25)18-16(12-24)21-23(22-18)17-6-4-3-5-14(17)2/h3-10,24H,11-12H2,1-2H3,(H,20,25). The van der Waals surface area contributed by atoms with Crippen molar-refractivity contribution in [2.24, 2.45) is 0 Å². The van der Waals surface area contributed by atoms with E-state index >= 15 is 0 Å². The van der Waals surface area contributed by atoms with Crippen LogP contribution in [0.4, 0.5) is 0 Å². The van der Waals surface area contributed by atoms with E-state index in [4.69, 9.17) is 0 Å². The quantitative estimate of drug-likeness (QED) is 0.749. The van der Waals surface area contributed by atoms with Crippen LogP contribution >= 0.6 is 0 Å². The second kappa shape index (κ2) is 7.27. The smallest absolute Gasteiger partial charge is 0.274 e. The lowest BCUT2D eigenvalue weighted by atomic mass is 10.1. The lowest BCUT2D eigenvalue weighted by Crippen LogP contribution is -2.24. The van der Waals surface area contributed by atoms with Gasteiger partial charge in [-0.3, -0.25) is 4.79 Å². The predicted octanol–water partition coefficient (Wildman–Crippen LogP) is 2.31. The molecule has 2 N–H and O–H groups in total. The zero-order valence-corrected chi connectivity index (χ0v) is 14.2. The van der Waals surface area contributed by atoms with Crippen LogP contribution in [0.3, 0.4) is 0 Å². The van der Waals surface area contributed by atoms with Gasteiger partial charge in [-0.05, 0) is 31.0 Å². The van der Waals surface area contributed by atoms with Gasteiger partial charge in [0.25, 0.3) is 5.91 Å². The Labute approximate surface area is 146 Å². The topological polar surface area (TPSA) is 80.0 Å². The molecule has 0 unspecified atom stereocenters. The van der Waals surface area contributed by atoms with Crippen LogP contribution in [-0.2, 0) is 13.2 Å². The fraction of sp³-hybridized carbons (Fsp3) is 0.211. The fourth-order valence-corrected chi connectivity index (χ4v) is 2.49. The molecule has 3 aromatic rings. The summed E-state index contributed by atoms with van der Waals surface area (Å²) in [6.07, 6.45) is 0. The summed E-state index contributed by atoms with van der Waals surface area (Å²) in [6, 6.07) is 15.5. The molecule has 128 valence electrons. The molecule has 0 spiro atoms. The van der Waals surface area contributed by atoms with E-state index in [-0.39, 0.29) is 23.9 Å². The number of rotatable bonds is 5. The number of aryl methyl sites for hydroxylation is 2. The first-order valence-corrected chi connectivity index (χ1v) is 8.05. The van der Waals surface area contributed by atoms with Crippen molar-refractivity contribution >= 4 is 5.91 Å². The van der Waals surface area contributed by atoms with E-state index in [0.29, 0.717) is 6.54 Å². The molecule has 1 aromatic heterocycles. The third kappa shape index (κ3) is 3.75. The summed E-state index contributed by atoms with van der Waals surface area (Å²) in [4.78, 5) is 13.8. The average Bonchev–Trinajstić information content (AvgIpc) is 3.05. The number of benzene rings is 2. The second-order valence-corrected chi connectivity index (χ2v) is 5.90. The minimum atomic E-state index is -0.357. The number of aliphatic hydroxyl groups excluding tert-OH is 1. The number of amides is 1. The molecule has 2 aromatic carbocycles. The van der Waals surface area contributed by atoms with Crippen LogP contribution < -0.4 is 5.32 Å². The molecule has 3 rings (SSSR count). The maximum absolute atomic E-state index is 12.5. The zero-order chi connectivity index (χ0) is 17.8. The molecule has 0 aliphatic heterocycles. The maximum Gasteiger partial charge on any atom is 0.274 e. The Morgan fingerprint density at radius 3 is 2.48 bits per heavy atom. The van der Waals surface area contributed by atoms with Gasteiger partial charge in [-0.1, -0.05) is 48.0 Å². The van der Waals surface area contributed by atoms with Gasteiger partial charge < -0.3 is 10.4 Å². The van der Waals surface area contributed by atoms with Crippen molar-refractivity contribution in [2.45, 2.75) is 27.0 Å². The first kappa shape index (κ1) is 16.9. The first-order valence-electron chi connectivity index (χ1n) is 8.05. The number of aromatic nitrogens is 3. The van der Waals surface area contributed by atoms with Gasteiger partial charge in [0, 0.05) is 6.54 Å². The van der Waals surface area contributed by atoms with Gasteiger partial charge in [0.2, 0.25) is 0 Å². The highest BCUT2D eigenvalue weighted by molar-refractivity contribution is 5.93. The van der Waals surface area contributed by atoms with Crippen molar-refractivity contribution in [3.8, 4) is 5.69 Å². The third-order valence-electron chi connectivity index (χ3n) is 3.95. The molecule has 0 radical (unpaired) electrons. The van der Waals surface area contributed by atoms with Gasteiger partial charge in [-0.2, -0.15) is 4.80 Å². The molecule has 6 nitrogen and oxygen atoms in total. The van der Waals surface area contributed by atoms with Gasteiger partial charge in [-0.25, -0.2) is 0 Å². The summed E-state index contributed by atoms with van der Waals surface area (Å²) in [5, 5.41) is 20.9. The van der Waals surface area contributed by atoms with Crippen LogP contribution in [0.15, 0.2) is 48.5 Å². The number of carbonyl (C=O) groups is 1. The number of nitrogens with one attached hydrogen (secondary N) is 1. The monoisotopic (exact) mass is 336 g/mol. The Bertz CT molecular complexity index is 885. The van der Waals surface area contributed by atoms with Crippen molar-refractivity contribution in [3.63, 3.8) is 0 Å². The Morgan fingerprint density at radius 2 is 1.80 bits per heavy atom. The largest absolute Gasteiger partial charge is 0.390 e. The van der Waals surface area contributed by atoms with Crippen LogP contribution in [0.1, 0.15) is 32.9 Å². The summed E-state index contributed by atoms with van der Waals surface area (Å²) >= 11 is 0. The lowest BCUT2D eigenvalue weighted by molar-refractivity contribution is 0.0942. The molecule has 0 fully saturated rings. The van der Waals surface area contributed by atoms with E-state index in [2.05, 4.69) is 15.5 Å². The molecule has 0 atom stereocenters. The number of carbonyl (C=O) groups excluding carboxylic acids is 1. The summed E-state index contributed by atoms with van der Waals surface area (Å²) in [5.74, 6) is -0.357. The van der Waals surface area contributed by atoms with Gasteiger partial charge in [0.1, 0.15) is 5.69 Å². The van der Waals surface area contributed by atoms with Gasteiger partial charge in [-0.15, -0.1) is 10.2 Å². The van der Waals surface area contributed by atoms with E-state index in [0.717, 1.165) is 16.8 Å². The minimum Gasteiger partial charge on any atom is -0.390 e. The highest BCUT2D eigenvalue weighted by Crippen LogP contribution is 2.13. The Kier molecular flexibility index (Phi) is 4.90. The summed E-state index contributed by atoms with van der Waals surface area (Å²) < 4.78 is 0. The van der Waals surface area contributed by atoms with E-state index < -0.39 is 0 Å². The van der Waals surface area contributed by atoms with E-state index in [1.165, 1.54) is 10.4 Å². The number of nitrogens with zero attached hydrogens (tertiary/aromatic N) is 3. The third-order valence-corrected chi connectivity index (χ3v) is 3.95. The van der Waals surface area contributed by atoms with Crippen molar-refractivity contribution in [3.05, 3.63) is 76.6 Å². The van der Waals surface area contributed by atoms with Crippen LogP contribution in [0.25, 0.3) is 5.69 Å². The van der Waals surface area contributed by atoms with Gasteiger partial charge in [0.15, 0.2) is 5.69 Å². The van der Waals surface area contributed by atoms with E-state index in [9.17, 15) is 9.90 Å². The molecule has 1 amide bonds. The number of para-hydroxylation sites is 1. The number of hydrogen-bond donors (Lipinski definition) is 2. The highest BCUT2D eigenvalue weighted by Gasteiger charge is 2.19. The zero-order valence-electron chi connectivity index (χ0n) is 14.2. The van der Waals surface area contributed by atoms with E-state index in [1.807, 2.05) is 62.4 Å². The average molecular weight is 336 g/mol. The van der Waals surface area contributed by atoms with Crippen LogP contribution in [0.5, 0.6) is 0 Å².